The summed E-state index contributed by atoms with van der Waals surface area (Å²) in [5, 5.41) is 0. The third-order valence-electron chi connectivity index (χ3n) is 3.12. The Labute approximate surface area is 93.1 Å². The summed E-state index contributed by atoms with van der Waals surface area (Å²) in [7, 11) is 0. The maximum atomic E-state index is 5.93. The van der Waals surface area contributed by atoms with E-state index in [1.165, 1.54) is 12.8 Å². The second kappa shape index (κ2) is 2.95. The van der Waals surface area contributed by atoms with Crippen molar-refractivity contribution in [3.8, 4) is 0 Å². The summed E-state index contributed by atoms with van der Waals surface area (Å²) in [6.45, 7) is 2.23. The third-order valence-corrected chi connectivity index (χ3v) is 3.36. The Hall–Kier alpha value is -1.09. The monoisotopic (exact) mass is 221 g/mol. The standard InChI is InChI=1S/C11H12ClN3/c1-11(4-5-11)15-9(7-12)14-8-3-2-6-13-10(8)15/h2-3,6H,4-5,7H2,1H3. The molecule has 4 heteroatoms. The zero-order chi connectivity index (χ0) is 10.5. The van der Waals surface area contributed by atoms with E-state index < -0.39 is 0 Å². The van der Waals surface area contributed by atoms with Gasteiger partial charge in [-0.15, -0.1) is 11.6 Å². The highest BCUT2D eigenvalue weighted by molar-refractivity contribution is 6.16. The first-order chi connectivity index (χ1) is 7.24. The number of rotatable bonds is 2. The van der Waals surface area contributed by atoms with Crippen LogP contribution in [0.2, 0.25) is 0 Å². The molecule has 0 radical (unpaired) electrons. The average Bonchev–Trinajstić information content (AvgIpc) is 2.87. The normalized spacial score (nSPS) is 18.3. The molecule has 0 saturated heterocycles. The fourth-order valence-electron chi connectivity index (χ4n) is 2.02. The summed E-state index contributed by atoms with van der Waals surface area (Å²) in [4.78, 5) is 8.90. The van der Waals surface area contributed by atoms with Gasteiger partial charge in [0.15, 0.2) is 5.65 Å². The molecular formula is C11H12ClN3. The van der Waals surface area contributed by atoms with Gasteiger partial charge in [0.2, 0.25) is 0 Å². The number of imidazole rings is 1. The third kappa shape index (κ3) is 1.26. The Kier molecular flexibility index (Phi) is 1.80. The largest absolute Gasteiger partial charge is 0.306 e. The molecule has 0 N–H and O–H groups in total. The maximum absolute atomic E-state index is 5.93. The van der Waals surface area contributed by atoms with Crippen molar-refractivity contribution in [1.82, 2.24) is 14.5 Å². The molecule has 1 aliphatic carbocycles. The molecule has 2 aromatic rings. The van der Waals surface area contributed by atoms with Gasteiger partial charge >= 0.3 is 0 Å². The maximum Gasteiger partial charge on any atom is 0.160 e. The first kappa shape index (κ1) is 9.16. The van der Waals surface area contributed by atoms with Crippen LogP contribution in [-0.2, 0) is 11.4 Å². The van der Waals surface area contributed by atoms with Crippen molar-refractivity contribution >= 4 is 22.8 Å². The van der Waals surface area contributed by atoms with Crippen molar-refractivity contribution in [2.45, 2.75) is 31.2 Å². The summed E-state index contributed by atoms with van der Waals surface area (Å²) in [6, 6.07) is 3.90. The summed E-state index contributed by atoms with van der Waals surface area (Å²) in [5.74, 6) is 1.39. The summed E-state index contributed by atoms with van der Waals surface area (Å²) in [6.07, 6.45) is 4.20. The molecule has 0 amide bonds. The number of pyridine rings is 1. The van der Waals surface area contributed by atoms with Crippen molar-refractivity contribution in [2.75, 3.05) is 0 Å². The minimum atomic E-state index is 0.202. The van der Waals surface area contributed by atoms with E-state index in [2.05, 4.69) is 21.5 Å². The molecule has 0 spiro atoms. The lowest BCUT2D eigenvalue weighted by molar-refractivity contribution is 0.527. The molecule has 3 nitrogen and oxygen atoms in total. The topological polar surface area (TPSA) is 30.7 Å². The second-order valence-corrected chi connectivity index (χ2v) is 4.61. The molecule has 3 rings (SSSR count). The lowest BCUT2D eigenvalue weighted by Gasteiger charge is -2.13. The molecule has 1 saturated carbocycles. The summed E-state index contributed by atoms with van der Waals surface area (Å²) >= 11 is 5.93. The highest BCUT2D eigenvalue weighted by Crippen LogP contribution is 2.45. The fourth-order valence-corrected chi connectivity index (χ4v) is 2.20. The van der Waals surface area contributed by atoms with Crippen molar-refractivity contribution in [3.05, 3.63) is 24.2 Å². The fraction of sp³-hybridized carbons (Fsp3) is 0.455. The Bertz CT molecular complexity index is 514. The molecule has 2 aromatic heterocycles. The highest BCUT2D eigenvalue weighted by atomic mass is 35.5. The van der Waals surface area contributed by atoms with Crippen LogP contribution in [0, 0.1) is 0 Å². The van der Waals surface area contributed by atoms with Crippen LogP contribution in [0.4, 0.5) is 0 Å². The average molecular weight is 222 g/mol. The first-order valence-electron chi connectivity index (χ1n) is 5.13. The number of hydrogen-bond donors (Lipinski definition) is 0. The van der Waals surface area contributed by atoms with Crippen molar-refractivity contribution in [1.29, 1.82) is 0 Å². The lowest BCUT2D eigenvalue weighted by Crippen LogP contribution is -2.15. The molecular weight excluding hydrogens is 210 g/mol. The van der Waals surface area contributed by atoms with E-state index in [0.29, 0.717) is 5.88 Å². The number of alkyl halides is 1. The van der Waals surface area contributed by atoms with Gasteiger partial charge < -0.3 is 4.57 Å². The molecule has 2 heterocycles. The Morgan fingerprint density at radius 2 is 2.33 bits per heavy atom. The number of halogens is 1. The zero-order valence-electron chi connectivity index (χ0n) is 8.57. The van der Waals surface area contributed by atoms with E-state index in [4.69, 9.17) is 11.6 Å². The van der Waals surface area contributed by atoms with Gasteiger partial charge in [-0.3, -0.25) is 0 Å². The second-order valence-electron chi connectivity index (χ2n) is 4.34. The Morgan fingerprint density at radius 3 is 3.00 bits per heavy atom. The lowest BCUT2D eigenvalue weighted by atomic mass is 10.3. The number of aromatic nitrogens is 3. The van der Waals surface area contributed by atoms with E-state index >= 15 is 0 Å². The summed E-state index contributed by atoms with van der Waals surface area (Å²) < 4.78 is 2.20. The predicted molar refractivity (Wildman–Crippen MR) is 60.0 cm³/mol. The number of nitrogens with zero attached hydrogens (tertiary/aromatic N) is 3. The van der Waals surface area contributed by atoms with Crippen molar-refractivity contribution in [2.24, 2.45) is 0 Å². The van der Waals surface area contributed by atoms with E-state index in [9.17, 15) is 0 Å². The highest BCUT2D eigenvalue weighted by Gasteiger charge is 2.42. The predicted octanol–water partition coefficient (Wildman–Crippen LogP) is 2.68. The van der Waals surface area contributed by atoms with Crippen LogP contribution in [0.1, 0.15) is 25.6 Å². The van der Waals surface area contributed by atoms with Gasteiger partial charge in [0.1, 0.15) is 11.3 Å². The van der Waals surface area contributed by atoms with Crippen molar-refractivity contribution in [3.63, 3.8) is 0 Å². The molecule has 78 valence electrons. The van der Waals surface area contributed by atoms with Crippen LogP contribution in [0.15, 0.2) is 18.3 Å². The molecule has 15 heavy (non-hydrogen) atoms. The van der Waals surface area contributed by atoms with Gasteiger partial charge in [-0.2, -0.15) is 0 Å². The Balaban J connectivity index is 2.32. The van der Waals surface area contributed by atoms with Gasteiger partial charge in [0.05, 0.1) is 5.88 Å². The van der Waals surface area contributed by atoms with E-state index in [0.717, 1.165) is 17.0 Å². The molecule has 0 aromatic carbocycles. The molecule has 0 aliphatic heterocycles. The molecule has 0 bridgehead atoms. The minimum absolute atomic E-state index is 0.202. The number of hydrogen-bond acceptors (Lipinski definition) is 2. The van der Waals surface area contributed by atoms with Crippen LogP contribution < -0.4 is 0 Å². The van der Waals surface area contributed by atoms with E-state index in [-0.39, 0.29) is 5.54 Å². The zero-order valence-corrected chi connectivity index (χ0v) is 9.33. The quantitative estimate of drug-likeness (QED) is 0.730. The smallest absolute Gasteiger partial charge is 0.160 e. The molecule has 1 fully saturated rings. The van der Waals surface area contributed by atoms with Gasteiger partial charge in [-0.25, -0.2) is 9.97 Å². The molecule has 1 aliphatic rings. The van der Waals surface area contributed by atoms with Crippen LogP contribution in [0.5, 0.6) is 0 Å². The molecule has 0 atom stereocenters. The van der Waals surface area contributed by atoms with Crippen LogP contribution in [-0.4, -0.2) is 14.5 Å². The SMILES string of the molecule is CC1(n2c(CCl)nc3cccnc32)CC1. The van der Waals surface area contributed by atoms with Crippen LogP contribution in [0.3, 0.4) is 0 Å². The molecule has 0 unspecified atom stereocenters. The Morgan fingerprint density at radius 1 is 1.53 bits per heavy atom. The van der Waals surface area contributed by atoms with Crippen molar-refractivity contribution < 1.29 is 0 Å². The van der Waals surface area contributed by atoms with E-state index in [1.54, 1.807) is 0 Å². The van der Waals surface area contributed by atoms with E-state index in [1.807, 2.05) is 18.3 Å². The van der Waals surface area contributed by atoms with Crippen LogP contribution >= 0.6 is 11.6 Å². The van der Waals surface area contributed by atoms with Crippen LogP contribution in [0.25, 0.3) is 11.2 Å². The van der Waals surface area contributed by atoms with Gasteiger partial charge in [-0.1, -0.05) is 0 Å². The summed E-state index contributed by atoms with van der Waals surface area (Å²) in [5.41, 5.74) is 2.11. The van der Waals surface area contributed by atoms with Gasteiger partial charge in [0, 0.05) is 11.7 Å². The first-order valence-corrected chi connectivity index (χ1v) is 5.67. The van der Waals surface area contributed by atoms with Gasteiger partial charge in [0.25, 0.3) is 0 Å². The minimum Gasteiger partial charge on any atom is -0.306 e. The number of fused-ring (bicyclic) bond motifs is 1. The van der Waals surface area contributed by atoms with Gasteiger partial charge in [-0.05, 0) is 31.9 Å².